The second-order valence-corrected chi connectivity index (χ2v) is 6.45. The molecule has 3 amide bonds. The number of amides is 3. The number of hydrogen-bond donors (Lipinski definition) is 3. The molecule has 136 valence electrons. The number of nitrogens with one attached hydrogen (secondary N) is 2. The summed E-state index contributed by atoms with van der Waals surface area (Å²) in [5, 5.41) is 14.4. The van der Waals surface area contributed by atoms with Crippen molar-refractivity contribution in [2.45, 2.75) is 44.2 Å². The summed E-state index contributed by atoms with van der Waals surface area (Å²) < 4.78 is 0. The molecule has 0 radical (unpaired) electrons. The van der Waals surface area contributed by atoms with Crippen molar-refractivity contribution in [3.63, 3.8) is 0 Å². The molecule has 0 aromatic heterocycles. The van der Waals surface area contributed by atoms with Crippen LogP contribution in [0.2, 0.25) is 0 Å². The number of carboxylic acids is 1. The number of rotatable bonds is 7. The van der Waals surface area contributed by atoms with Crippen molar-refractivity contribution >= 4 is 17.9 Å². The van der Waals surface area contributed by atoms with Crippen molar-refractivity contribution in [2.24, 2.45) is 0 Å². The zero-order chi connectivity index (χ0) is 18.3. The van der Waals surface area contributed by atoms with Crippen LogP contribution in [0.1, 0.15) is 37.7 Å². The first-order valence-electron chi connectivity index (χ1n) is 8.50. The molecule has 0 bridgehead atoms. The molecule has 2 rings (SSSR count). The van der Waals surface area contributed by atoms with Gasteiger partial charge in [-0.1, -0.05) is 43.2 Å². The van der Waals surface area contributed by atoms with Crippen LogP contribution in [0.3, 0.4) is 0 Å². The maximum atomic E-state index is 12.8. The van der Waals surface area contributed by atoms with Gasteiger partial charge >= 0.3 is 12.0 Å². The third kappa shape index (κ3) is 5.20. The summed E-state index contributed by atoms with van der Waals surface area (Å²) in [7, 11) is 1.58. The van der Waals surface area contributed by atoms with E-state index in [0.29, 0.717) is 19.4 Å². The first-order chi connectivity index (χ1) is 11.9. The van der Waals surface area contributed by atoms with E-state index in [1.54, 1.807) is 7.05 Å². The van der Waals surface area contributed by atoms with Gasteiger partial charge in [0.2, 0.25) is 5.91 Å². The van der Waals surface area contributed by atoms with Gasteiger partial charge in [0.25, 0.3) is 0 Å². The largest absolute Gasteiger partial charge is 0.481 e. The van der Waals surface area contributed by atoms with Crippen LogP contribution < -0.4 is 10.6 Å². The molecule has 1 fully saturated rings. The Morgan fingerprint density at radius 3 is 2.40 bits per heavy atom. The summed E-state index contributed by atoms with van der Waals surface area (Å²) in [6.07, 6.45) is 2.75. The topological polar surface area (TPSA) is 98.7 Å². The Labute approximate surface area is 147 Å². The summed E-state index contributed by atoms with van der Waals surface area (Å²) in [4.78, 5) is 37.2. The quantitative estimate of drug-likeness (QED) is 0.699. The van der Waals surface area contributed by atoms with E-state index >= 15 is 0 Å². The first kappa shape index (κ1) is 18.8. The third-order valence-corrected chi connectivity index (χ3v) is 4.52. The molecule has 7 heteroatoms. The lowest BCUT2D eigenvalue weighted by molar-refractivity contribution is -0.140. The van der Waals surface area contributed by atoms with Crippen molar-refractivity contribution in [3.05, 3.63) is 35.9 Å². The smallest absolute Gasteiger partial charge is 0.315 e. The molecule has 1 aromatic carbocycles. The third-order valence-electron chi connectivity index (χ3n) is 4.52. The predicted molar refractivity (Wildman–Crippen MR) is 92.9 cm³/mol. The highest BCUT2D eigenvalue weighted by molar-refractivity contribution is 5.91. The molecule has 0 saturated heterocycles. The van der Waals surface area contributed by atoms with E-state index in [2.05, 4.69) is 10.6 Å². The van der Waals surface area contributed by atoms with Crippen molar-refractivity contribution in [1.29, 1.82) is 0 Å². The van der Waals surface area contributed by atoms with Gasteiger partial charge in [-0.2, -0.15) is 0 Å². The highest BCUT2D eigenvalue weighted by Crippen LogP contribution is 2.31. The van der Waals surface area contributed by atoms with Crippen LogP contribution in [0, 0.1) is 0 Å². The number of aliphatic carboxylic acids is 1. The number of benzene rings is 1. The Kier molecular flexibility index (Phi) is 6.38. The molecule has 1 aliphatic carbocycles. The maximum Gasteiger partial charge on any atom is 0.315 e. The van der Waals surface area contributed by atoms with E-state index in [0.717, 1.165) is 18.4 Å². The molecule has 0 aliphatic heterocycles. The standard InChI is InChI=1S/C18H25N3O4/c1-21(12-9-15(22)23)16(24)18(10-5-6-11-18)20-17(25)19-13-14-7-3-2-4-8-14/h2-4,7-8H,5-6,9-13H2,1H3,(H,22,23)(H2,19,20,25). The van der Waals surface area contributed by atoms with Crippen LogP contribution in [-0.4, -0.2) is 47.0 Å². The van der Waals surface area contributed by atoms with Gasteiger partial charge in [-0.25, -0.2) is 4.79 Å². The average molecular weight is 347 g/mol. The molecular weight excluding hydrogens is 322 g/mol. The number of carboxylic acid groups (broad SMARTS) is 1. The minimum Gasteiger partial charge on any atom is -0.481 e. The van der Waals surface area contributed by atoms with E-state index in [4.69, 9.17) is 5.11 Å². The predicted octanol–water partition coefficient (Wildman–Crippen LogP) is 1.73. The number of nitrogens with zero attached hydrogens (tertiary/aromatic N) is 1. The second kappa shape index (κ2) is 8.50. The second-order valence-electron chi connectivity index (χ2n) is 6.45. The Morgan fingerprint density at radius 1 is 1.16 bits per heavy atom. The fraction of sp³-hybridized carbons (Fsp3) is 0.500. The first-order valence-corrected chi connectivity index (χ1v) is 8.50. The molecule has 1 saturated carbocycles. The lowest BCUT2D eigenvalue weighted by atomic mass is 9.95. The van der Waals surface area contributed by atoms with E-state index in [-0.39, 0.29) is 24.9 Å². The van der Waals surface area contributed by atoms with E-state index < -0.39 is 11.5 Å². The van der Waals surface area contributed by atoms with E-state index in [1.165, 1.54) is 4.90 Å². The van der Waals surface area contributed by atoms with Gasteiger partial charge in [-0.3, -0.25) is 9.59 Å². The van der Waals surface area contributed by atoms with Gasteiger partial charge < -0.3 is 20.6 Å². The summed E-state index contributed by atoms with van der Waals surface area (Å²) in [5.41, 5.74) is 0.0385. The van der Waals surface area contributed by atoms with Crippen molar-refractivity contribution in [3.8, 4) is 0 Å². The normalized spacial score (nSPS) is 15.4. The molecular formula is C18H25N3O4. The van der Waals surface area contributed by atoms with Crippen LogP contribution in [0.15, 0.2) is 30.3 Å². The Hall–Kier alpha value is -2.57. The van der Waals surface area contributed by atoms with Gasteiger partial charge in [0, 0.05) is 20.1 Å². The lowest BCUT2D eigenvalue weighted by Crippen LogP contribution is -2.59. The Morgan fingerprint density at radius 2 is 1.80 bits per heavy atom. The van der Waals surface area contributed by atoms with Gasteiger partial charge in [-0.05, 0) is 18.4 Å². The van der Waals surface area contributed by atoms with Crippen LogP contribution in [0.5, 0.6) is 0 Å². The molecule has 0 unspecified atom stereocenters. The fourth-order valence-corrected chi connectivity index (χ4v) is 3.14. The molecule has 7 nitrogen and oxygen atoms in total. The summed E-state index contributed by atoms with van der Waals surface area (Å²) in [6, 6.07) is 9.14. The minimum atomic E-state index is -0.950. The number of carbonyl (C=O) groups excluding carboxylic acids is 2. The Balaban J connectivity index is 1.95. The van der Waals surface area contributed by atoms with Crippen molar-refractivity contribution in [1.82, 2.24) is 15.5 Å². The monoisotopic (exact) mass is 347 g/mol. The molecule has 1 aromatic rings. The summed E-state index contributed by atoms with van der Waals surface area (Å²) in [6.45, 7) is 0.509. The summed E-state index contributed by atoms with van der Waals surface area (Å²) in [5.74, 6) is -1.17. The minimum absolute atomic E-state index is 0.113. The number of carbonyl (C=O) groups is 3. The fourth-order valence-electron chi connectivity index (χ4n) is 3.14. The van der Waals surface area contributed by atoms with Crippen LogP contribution in [0.4, 0.5) is 4.79 Å². The number of hydrogen-bond acceptors (Lipinski definition) is 3. The highest BCUT2D eigenvalue weighted by atomic mass is 16.4. The van der Waals surface area contributed by atoms with Gasteiger partial charge in [0.15, 0.2) is 0 Å². The average Bonchev–Trinajstić information content (AvgIpc) is 3.07. The molecule has 0 heterocycles. The molecule has 0 spiro atoms. The number of urea groups is 1. The molecule has 1 aliphatic rings. The van der Waals surface area contributed by atoms with Crippen LogP contribution in [0.25, 0.3) is 0 Å². The zero-order valence-electron chi connectivity index (χ0n) is 14.5. The van der Waals surface area contributed by atoms with Crippen molar-refractivity contribution < 1.29 is 19.5 Å². The molecule has 3 N–H and O–H groups in total. The Bertz CT molecular complexity index is 612. The van der Waals surface area contributed by atoms with E-state index in [1.807, 2.05) is 30.3 Å². The maximum absolute atomic E-state index is 12.8. The van der Waals surface area contributed by atoms with Gasteiger partial charge in [0.05, 0.1) is 6.42 Å². The zero-order valence-corrected chi connectivity index (χ0v) is 14.5. The van der Waals surface area contributed by atoms with E-state index in [9.17, 15) is 14.4 Å². The molecule has 25 heavy (non-hydrogen) atoms. The number of likely N-dealkylation sites (N-methyl/N-ethyl adjacent to an activating group) is 1. The van der Waals surface area contributed by atoms with Crippen LogP contribution in [-0.2, 0) is 16.1 Å². The summed E-state index contributed by atoms with van der Waals surface area (Å²) >= 11 is 0. The van der Waals surface area contributed by atoms with Crippen LogP contribution >= 0.6 is 0 Å². The molecule has 0 atom stereocenters. The van der Waals surface area contributed by atoms with Gasteiger partial charge in [-0.15, -0.1) is 0 Å². The van der Waals surface area contributed by atoms with Gasteiger partial charge in [0.1, 0.15) is 5.54 Å². The van der Waals surface area contributed by atoms with Crippen molar-refractivity contribution in [2.75, 3.05) is 13.6 Å². The lowest BCUT2D eigenvalue weighted by Gasteiger charge is -2.33. The SMILES string of the molecule is CN(CCC(=O)O)C(=O)C1(NC(=O)NCc2ccccc2)CCCC1. The highest BCUT2D eigenvalue weighted by Gasteiger charge is 2.44.